The van der Waals surface area contributed by atoms with Gasteiger partial charge >= 0.3 is 0 Å². The third kappa shape index (κ3) is 4.33. The first-order valence-electron chi connectivity index (χ1n) is 6.90. The van der Waals surface area contributed by atoms with Crippen LogP contribution in [0.25, 0.3) is 0 Å². The van der Waals surface area contributed by atoms with E-state index in [1.54, 1.807) is 0 Å². The highest BCUT2D eigenvalue weighted by Gasteiger charge is 2.27. The molecular weight excluding hydrogens is 240 g/mol. The van der Waals surface area contributed by atoms with E-state index in [1.165, 1.54) is 0 Å². The van der Waals surface area contributed by atoms with Crippen molar-refractivity contribution in [3.05, 3.63) is 35.9 Å². The molecule has 0 heterocycles. The van der Waals surface area contributed by atoms with Gasteiger partial charge in [-0.2, -0.15) is 0 Å². The fraction of sp³-hybridized carbons (Fsp3) is 0.533. The molecular formula is C15H22N2O2. The minimum Gasteiger partial charge on any atom is -0.391 e. The second kappa shape index (κ2) is 6.68. The zero-order valence-corrected chi connectivity index (χ0v) is 11.1. The van der Waals surface area contributed by atoms with Crippen LogP contribution >= 0.6 is 0 Å². The number of rotatable bonds is 5. The number of nitrogens with one attached hydrogen (secondary N) is 1. The summed E-state index contributed by atoms with van der Waals surface area (Å²) in [6.45, 7) is 0.305. The molecule has 0 aliphatic heterocycles. The van der Waals surface area contributed by atoms with Gasteiger partial charge < -0.3 is 16.2 Å². The van der Waals surface area contributed by atoms with Crippen LogP contribution in [0.2, 0.25) is 0 Å². The van der Waals surface area contributed by atoms with E-state index in [0.717, 1.165) is 24.8 Å². The predicted octanol–water partition coefficient (Wildman–Crippen LogP) is 0.834. The molecule has 2 rings (SSSR count). The number of amides is 1. The fourth-order valence-corrected chi connectivity index (χ4v) is 2.58. The van der Waals surface area contributed by atoms with E-state index in [1.807, 2.05) is 30.3 Å². The first kappa shape index (κ1) is 14.0. The van der Waals surface area contributed by atoms with Gasteiger partial charge in [-0.25, -0.2) is 0 Å². The fourth-order valence-electron chi connectivity index (χ4n) is 2.58. The molecule has 4 nitrogen and oxygen atoms in total. The van der Waals surface area contributed by atoms with Crippen LogP contribution in [0.3, 0.4) is 0 Å². The monoisotopic (exact) mass is 262 g/mol. The van der Waals surface area contributed by atoms with Crippen LogP contribution < -0.4 is 11.1 Å². The first-order valence-corrected chi connectivity index (χ1v) is 6.90. The molecule has 3 atom stereocenters. The Morgan fingerprint density at radius 2 is 2.11 bits per heavy atom. The van der Waals surface area contributed by atoms with Gasteiger partial charge in [0.1, 0.15) is 0 Å². The molecule has 0 bridgehead atoms. The summed E-state index contributed by atoms with van der Waals surface area (Å²) in [4.78, 5) is 11.9. The summed E-state index contributed by atoms with van der Waals surface area (Å²) in [6, 6.07) is 9.94. The van der Waals surface area contributed by atoms with Gasteiger partial charge in [-0.3, -0.25) is 4.79 Å². The van der Waals surface area contributed by atoms with Gasteiger partial charge in [-0.15, -0.1) is 0 Å². The van der Waals surface area contributed by atoms with Gasteiger partial charge in [-0.05, 0) is 24.8 Å². The van der Waals surface area contributed by atoms with Crippen molar-refractivity contribution in [2.45, 2.75) is 37.8 Å². The second-order valence-corrected chi connectivity index (χ2v) is 5.36. The average Bonchev–Trinajstić information content (AvgIpc) is 2.84. The average molecular weight is 262 g/mol. The van der Waals surface area contributed by atoms with Crippen molar-refractivity contribution in [1.29, 1.82) is 0 Å². The lowest BCUT2D eigenvalue weighted by molar-refractivity contribution is -0.125. The van der Waals surface area contributed by atoms with Crippen LogP contribution in [-0.2, 0) is 11.2 Å². The SMILES string of the molecule is NC1CCC(C(=O)NCC(O)Cc2ccccc2)C1. The standard InChI is InChI=1S/C15H22N2O2/c16-13-7-6-12(9-13)15(19)17-10-14(18)8-11-4-2-1-3-5-11/h1-5,12-14,18H,6-10,16H2,(H,17,19). The molecule has 0 radical (unpaired) electrons. The normalized spacial score (nSPS) is 24.1. The Bertz CT molecular complexity index is 408. The lowest BCUT2D eigenvalue weighted by Crippen LogP contribution is -2.36. The second-order valence-electron chi connectivity index (χ2n) is 5.36. The molecule has 3 unspecified atom stereocenters. The molecule has 1 amide bonds. The zero-order chi connectivity index (χ0) is 13.7. The van der Waals surface area contributed by atoms with Crippen LogP contribution in [0.4, 0.5) is 0 Å². The maximum atomic E-state index is 11.9. The molecule has 1 aliphatic carbocycles. The van der Waals surface area contributed by atoms with E-state index in [2.05, 4.69) is 5.32 Å². The topological polar surface area (TPSA) is 75.4 Å². The molecule has 1 aromatic carbocycles. The number of aliphatic hydroxyl groups excluding tert-OH is 1. The Morgan fingerprint density at radius 3 is 2.74 bits per heavy atom. The van der Waals surface area contributed by atoms with Crippen molar-refractivity contribution in [3.8, 4) is 0 Å². The Hall–Kier alpha value is -1.39. The molecule has 0 spiro atoms. The van der Waals surface area contributed by atoms with E-state index in [0.29, 0.717) is 13.0 Å². The Kier molecular flexibility index (Phi) is 4.93. The third-order valence-corrected chi connectivity index (χ3v) is 3.67. The summed E-state index contributed by atoms with van der Waals surface area (Å²) in [7, 11) is 0. The molecule has 1 saturated carbocycles. The van der Waals surface area contributed by atoms with Crippen molar-refractivity contribution in [2.24, 2.45) is 11.7 Å². The largest absolute Gasteiger partial charge is 0.391 e. The van der Waals surface area contributed by atoms with Gasteiger partial charge in [0, 0.05) is 24.9 Å². The number of benzene rings is 1. The van der Waals surface area contributed by atoms with E-state index >= 15 is 0 Å². The Morgan fingerprint density at radius 1 is 1.37 bits per heavy atom. The summed E-state index contributed by atoms with van der Waals surface area (Å²) in [5, 5.41) is 12.7. The van der Waals surface area contributed by atoms with Crippen molar-refractivity contribution < 1.29 is 9.90 Å². The summed E-state index contributed by atoms with van der Waals surface area (Å²) in [5.41, 5.74) is 6.87. The van der Waals surface area contributed by atoms with E-state index in [9.17, 15) is 9.90 Å². The number of hydrogen-bond donors (Lipinski definition) is 3. The summed E-state index contributed by atoms with van der Waals surface area (Å²) in [6.07, 6.45) is 2.57. The number of carbonyl (C=O) groups is 1. The summed E-state index contributed by atoms with van der Waals surface area (Å²) < 4.78 is 0. The number of nitrogens with two attached hydrogens (primary N) is 1. The Balaban J connectivity index is 1.71. The third-order valence-electron chi connectivity index (χ3n) is 3.67. The number of aliphatic hydroxyl groups is 1. The maximum Gasteiger partial charge on any atom is 0.223 e. The molecule has 4 heteroatoms. The molecule has 104 valence electrons. The van der Waals surface area contributed by atoms with E-state index in [4.69, 9.17) is 5.73 Å². The van der Waals surface area contributed by atoms with Crippen molar-refractivity contribution in [3.63, 3.8) is 0 Å². The van der Waals surface area contributed by atoms with Crippen molar-refractivity contribution in [2.75, 3.05) is 6.54 Å². The molecule has 1 aliphatic rings. The summed E-state index contributed by atoms with van der Waals surface area (Å²) in [5.74, 6) is 0.0546. The zero-order valence-electron chi connectivity index (χ0n) is 11.1. The van der Waals surface area contributed by atoms with Gasteiger partial charge in [-0.1, -0.05) is 30.3 Å². The molecule has 4 N–H and O–H groups in total. The Labute approximate surface area is 114 Å². The van der Waals surface area contributed by atoms with Crippen LogP contribution in [0.15, 0.2) is 30.3 Å². The summed E-state index contributed by atoms with van der Waals surface area (Å²) >= 11 is 0. The smallest absolute Gasteiger partial charge is 0.223 e. The molecule has 1 fully saturated rings. The van der Waals surface area contributed by atoms with Crippen molar-refractivity contribution >= 4 is 5.91 Å². The van der Waals surface area contributed by atoms with Gasteiger partial charge in [0.15, 0.2) is 0 Å². The minimum atomic E-state index is -0.540. The highest BCUT2D eigenvalue weighted by Crippen LogP contribution is 2.23. The molecule has 0 saturated heterocycles. The van der Waals surface area contributed by atoms with E-state index in [-0.39, 0.29) is 17.9 Å². The quantitative estimate of drug-likeness (QED) is 0.736. The molecule has 19 heavy (non-hydrogen) atoms. The first-order chi connectivity index (χ1) is 9.15. The van der Waals surface area contributed by atoms with Gasteiger partial charge in [0.25, 0.3) is 0 Å². The highest BCUT2D eigenvalue weighted by atomic mass is 16.3. The number of carbonyl (C=O) groups excluding carboxylic acids is 1. The van der Waals surface area contributed by atoms with Crippen LogP contribution in [0.5, 0.6) is 0 Å². The molecule has 0 aromatic heterocycles. The lowest BCUT2D eigenvalue weighted by Gasteiger charge is -2.14. The van der Waals surface area contributed by atoms with Gasteiger partial charge in [0.05, 0.1) is 6.10 Å². The van der Waals surface area contributed by atoms with Crippen molar-refractivity contribution in [1.82, 2.24) is 5.32 Å². The minimum absolute atomic E-state index is 0.0268. The lowest BCUT2D eigenvalue weighted by atomic mass is 10.1. The highest BCUT2D eigenvalue weighted by molar-refractivity contribution is 5.79. The van der Waals surface area contributed by atoms with Crippen LogP contribution in [0.1, 0.15) is 24.8 Å². The van der Waals surface area contributed by atoms with Gasteiger partial charge in [0.2, 0.25) is 5.91 Å². The van der Waals surface area contributed by atoms with Crippen LogP contribution in [-0.4, -0.2) is 29.7 Å². The predicted molar refractivity (Wildman–Crippen MR) is 74.5 cm³/mol. The van der Waals surface area contributed by atoms with E-state index < -0.39 is 6.10 Å². The molecule has 1 aromatic rings. The maximum absolute atomic E-state index is 11.9. The number of hydrogen-bond acceptors (Lipinski definition) is 3. The van der Waals surface area contributed by atoms with Crippen LogP contribution in [0, 0.1) is 5.92 Å².